The first-order valence-electron chi connectivity index (χ1n) is 2.50. The number of rotatable bonds is 3. The molecular weight excluding hydrogens is 183 g/mol. The second-order valence-electron chi connectivity index (χ2n) is 1.63. The van der Waals surface area contributed by atoms with Gasteiger partial charge in [-0.3, -0.25) is 9.35 Å². The normalized spacial score (nSPS) is 10.0. The van der Waals surface area contributed by atoms with Crippen LogP contribution in [0.1, 0.15) is 8.35 Å². The first kappa shape index (κ1) is 13.9. The third kappa shape index (κ3) is 13.4. The van der Waals surface area contributed by atoms with Crippen LogP contribution in [-0.2, 0) is 19.6 Å². The van der Waals surface area contributed by atoms with E-state index in [0.29, 0.717) is 0 Å². The predicted octanol–water partition coefficient (Wildman–Crippen LogP) is -3.45. The first-order chi connectivity index (χ1) is 4.42. The smallest absolute Gasteiger partial charge is 1.00 e. The van der Waals surface area contributed by atoms with Gasteiger partial charge in [-0.05, 0) is 0 Å². The van der Waals surface area contributed by atoms with Crippen LogP contribution in [-0.4, -0.2) is 31.3 Å². The van der Waals surface area contributed by atoms with E-state index in [0.717, 1.165) is 6.92 Å². The number of ether oxygens (including phenoxy) is 1. The van der Waals surface area contributed by atoms with Crippen molar-refractivity contribution in [1.82, 2.24) is 0 Å². The number of carbonyl (C=O) groups excluding carboxylic acids is 1. The summed E-state index contributed by atoms with van der Waals surface area (Å²) in [5.41, 5.74) is 0. The second-order valence-corrected chi connectivity index (χ2v) is 3.20. The molecule has 62 valence electrons. The molecule has 0 aliphatic heterocycles. The summed E-state index contributed by atoms with van der Waals surface area (Å²) in [6.07, 6.45) is 0. The van der Waals surface area contributed by atoms with Crippen LogP contribution in [0.3, 0.4) is 0 Å². The molecule has 0 radical (unpaired) electrons. The summed E-state index contributed by atoms with van der Waals surface area (Å²) in [6, 6.07) is 0. The summed E-state index contributed by atoms with van der Waals surface area (Å²) in [5, 5.41) is 0. The van der Waals surface area contributed by atoms with Gasteiger partial charge in [-0.2, -0.15) is 8.42 Å². The molecule has 0 unspecified atom stereocenters. The summed E-state index contributed by atoms with van der Waals surface area (Å²) in [4.78, 5) is 10.0. The molecule has 0 bridgehead atoms. The number of carbonyl (C=O) groups is 1. The maximum absolute atomic E-state index is 10.0. The molecule has 0 amide bonds. The van der Waals surface area contributed by atoms with Crippen molar-refractivity contribution in [3.63, 3.8) is 0 Å². The summed E-state index contributed by atoms with van der Waals surface area (Å²) in [5.74, 6) is -1.12. The van der Waals surface area contributed by atoms with Crippen molar-refractivity contribution >= 4 is 16.1 Å². The average Bonchev–Trinajstić information content (AvgIpc) is 1.59. The van der Waals surface area contributed by atoms with Gasteiger partial charge in [0, 0.05) is 6.92 Å². The predicted molar refractivity (Wildman–Crippen MR) is 34.2 cm³/mol. The van der Waals surface area contributed by atoms with Crippen molar-refractivity contribution in [3.05, 3.63) is 0 Å². The van der Waals surface area contributed by atoms with Crippen LogP contribution >= 0.6 is 0 Å². The number of esters is 1. The minimum Gasteiger partial charge on any atom is -1.00 e. The van der Waals surface area contributed by atoms with Crippen LogP contribution in [0.4, 0.5) is 0 Å². The van der Waals surface area contributed by atoms with E-state index in [4.69, 9.17) is 4.55 Å². The molecule has 0 saturated carbocycles. The molecule has 0 rings (SSSR count). The fourth-order valence-electron chi connectivity index (χ4n) is 0.291. The third-order valence-corrected chi connectivity index (χ3v) is 1.33. The van der Waals surface area contributed by atoms with Gasteiger partial charge in [0.05, 0.1) is 0 Å². The van der Waals surface area contributed by atoms with Gasteiger partial charge in [0.25, 0.3) is 10.1 Å². The van der Waals surface area contributed by atoms with Crippen LogP contribution in [0.25, 0.3) is 0 Å². The van der Waals surface area contributed by atoms with E-state index >= 15 is 0 Å². The van der Waals surface area contributed by atoms with Crippen LogP contribution in [0, 0.1) is 0 Å². The number of hydrogen-bond donors (Lipinski definition) is 1. The minimum atomic E-state index is -4.00. The molecule has 1 N–H and O–H groups in total. The maximum atomic E-state index is 10.0. The SMILES string of the molecule is CC(=O)OCCS(=O)(=O)O.[H-].[Na+]. The van der Waals surface area contributed by atoms with Crippen molar-refractivity contribution in [1.29, 1.82) is 0 Å². The van der Waals surface area contributed by atoms with Crippen molar-refractivity contribution in [2.45, 2.75) is 6.92 Å². The molecule has 0 saturated heterocycles. The zero-order valence-electron chi connectivity index (χ0n) is 7.40. The molecule has 7 heteroatoms. The second kappa shape index (κ2) is 5.96. The van der Waals surface area contributed by atoms with Crippen LogP contribution in [0.15, 0.2) is 0 Å². The molecule has 0 aromatic rings. The van der Waals surface area contributed by atoms with E-state index in [2.05, 4.69) is 4.74 Å². The average molecular weight is 192 g/mol. The van der Waals surface area contributed by atoms with Crippen molar-refractivity contribution < 1.29 is 53.5 Å². The molecule has 0 aromatic heterocycles. The van der Waals surface area contributed by atoms with Gasteiger partial charge >= 0.3 is 35.5 Å². The Kier molecular flexibility index (Phi) is 7.55. The van der Waals surface area contributed by atoms with E-state index < -0.39 is 21.8 Å². The fourth-order valence-corrected chi connectivity index (χ4v) is 0.585. The molecule has 11 heavy (non-hydrogen) atoms. The van der Waals surface area contributed by atoms with E-state index in [1.165, 1.54) is 0 Å². The Morgan fingerprint density at radius 3 is 2.36 bits per heavy atom. The van der Waals surface area contributed by atoms with Crippen LogP contribution < -0.4 is 29.6 Å². The van der Waals surface area contributed by atoms with E-state index in [-0.39, 0.29) is 37.6 Å². The molecule has 5 nitrogen and oxygen atoms in total. The van der Waals surface area contributed by atoms with Crippen molar-refractivity contribution in [2.75, 3.05) is 12.4 Å². The Bertz CT molecular complexity index is 213. The zero-order chi connectivity index (χ0) is 8.20. The quantitative estimate of drug-likeness (QED) is 0.286. The van der Waals surface area contributed by atoms with Gasteiger partial charge in [0.15, 0.2) is 0 Å². The molecular formula is C4H9NaO5S. The monoisotopic (exact) mass is 192 g/mol. The molecule has 0 aromatic carbocycles. The number of hydrogen-bond acceptors (Lipinski definition) is 4. The Balaban J connectivity index is -0.000000405. The topological polar surface area (TPSA) is 80.7 Å². The van der Waals surface area contributed by atoms with Gasteiger partial charge < -0.3 is 6.16 Å². The molecule has 0 atom stereocenters. The van der Waals surface area contributed by atoms with E-state index in [1.54, 1.807) is 0 Å². The van der Waals surface area contributed by atoms with Gasteiger partial charge in [-0.25, -0.2) is 0 Å². The Labute approximate surface area is 88.6 Å². The van der Waals surface area contributed by atoms with Crippen molar-refractivity contribution in [2.24, 2.45) is 0 Å². The molecule has 0 fully saturated rings. The van der Waals surface area contributed by atoms with Gasteiger partial charge in [0.1, 0.15) is 12.4 Å². The Morgan fingerprint density at radius 1 is 1.64 bits per heavy atom. The van der Waals surface area contributed by atoms with Gasteiger partial charge in [0.2, 0.25) is 0 Å². The summed E-state index contributed by atoms with van der Waals surface area (Å²) < 4.78 is 32.3. The van der Waals surface area contributed by atoms with Gasteiger partial charge in [-0.15, -0.1) is 0 Å². The first-order valence-corrected chi connectivity index (χ1v) is 4.11. The fraction of sp³-hybridized carbons (Fsp3) is 0.750. The van der Waals surface area contributed by atoms with Crippen molar-refractivity contribution in [3.8, 4) is 0 Å². The standard InChI is InChI=1S/C4H8O5S.Na.H/c1-4(5)9-2-3-10(6,7)8;;/h2-3H2,1H3,(H,6,7,8);;/q;+1;-1. The molecule has 0 heterocycles. The zero-order valence-corrected chi connectivity index (χ0v) is 9.22. The summed E-state index contributed by atoms with van der Waals surface area (Å²) >= 11 is 0. The Hall–Kier alpha value is 0.380. The summed E-state index contributed by atoms with van der Waals surface area (Å²) in [7, 11) is -4.00. The largest absolute Gasteiger partial charge is 1.00 e. The van der Waals surface area contributed by atoms with E-state index in [9.17, 15) is 13.2 Å². The summed E-state index contributed by atoms with van der Waals surface area (Å²) in [6.45, 7) is 0.859. The Morgan fingerprint density at radius 2 is 2.09 bits per heavy atom. The third-order valence-electron chi connectivity index (χ3n) is 0.647. The van der Waals surface area contributed by atoms with Crippen LogP contribution in [0.2, 0.25) is 0 Å². The minimum absolute atomic E-state index is 0. The van der Waals surface area contributed by atoms with Crippen LogP contribution in [0.5, 0.6) is 0 Å². The molecule has 0 aliphatic carbocycles. The maximum Gasteiger partial charge on any atom is 1.00 e. The van der Waals surface area contributed by atoms with E-state index in [1.807, 2.05) is 0 Å². The molecule has 0 aliphatic rings. The molecule has 0 spiro atoms. The van der Waals surface area contributed by atoms with Gasteiger partial charge in [-0.1, -0.05) is 0 Å².